The number of hydrazine groups is 1. The number of likely N-dealkylation sites (N-methyl/N-ethyl adjacent to an activating group) is 1. The molecule has 0 aromatic carbocycles. The molecule has 0 aliphatic carbocycles. The first-order valence-corrected chi connectivity index (χ1v) is 6.19. The van der Waals surface area contributed by atoms with Gasteiger partial charge in [-0.25, -0.2) is 0 Å². The van der Waals surface area contributed by atoms with Gasteiger partial charge < -0.3 is 20.4 Å². The minimum Gasteiger partial charge on any atom is -0.374 e. The van der Waals surface area contributed by atoms with E-state index < -0.39 is 0 Å². The number of nitrogens with one attached hydrogen (secondary N) is 2. The highest BCUT2D eigenvalue weighted by Gasteiger charge is 2.19. The number of ether oxygens (including phenoxy) is 1. The van der Waals surface area contributed by atoms with Crippen molar-refractivity contribution in [1.82, 2.24) is 15.2 Å². The van der Waals surface area contributed by atoms with E-state index in [1.807, 2.05) is 7.05 Å². The maximum Gasteiger partial charge on any atom is 0.255 e. The van der Waals surface area contributed by atoms with E-state index in [2.05, 4.69) is 20.6 Å². The van der Waals surface area contributed by atoms with Crippen molar-refractivity contribution in [2.75, 3.05) is 38.7 Å². The van der Waals surface area contributed by atoms with Crippen LogP contribution in [0.4, 0.5) is 5.69 Å². The molecular formula is C12H19N5O2. The Morgan fingerprint density at radius 3 is 3.26 bits per heavy atom. The van der Waals surface area contributed by atoms with E-state index in [0.29, 0.717) is 24.4 Å². The Bertz CT molecular complexity index is 440. The quantitative estimate of drug-likeness (QED) is 0.498. The number of hydrogen-bond acceptors (Lipinski definition) is 6. The van der Waals surface area contributed by atoms with Crippen molar-refractivity contribution in [2.24, 2.45) is 5.84 Å². The number of rotatable bonds is 4. The lowest BCUT2D eigenvalue weighted by molar-refractivity contribution is -0.0175. The van der Waals surface area contributed by atoms with Gasteiger partial charge in [-0.15, -0.1) is 0 Å². The molecule has 1 amide bonds. The lowest BCUT2D eigenvalue weighted by atomic mass is 10.2. The molecule has 2 heterocycles. The maximum absolute atomic E-state index is 12.0. The van der Waals surface area contributed by atoms with Crippen LogP contribution < -0.4 is 16.6 Å². The molecule has 7 nitrogen and oxygen atoms in total. The van der Waals surface area contributed by atoms with Crippen molar-refractivity contribution in [3.8, 4) is 0 Å². The van der Waals surface area contributed by atoms with Crippen LogP contribution >= 0.6 is 0 Å². The smallest absolute Gasteiger partial charge is 0.255 e. The van der Waals surface area contributed by atoms with Crippen LogP contribution in [0.2, 0.25) is 0 Å². The Balaban J connectivity index is 1.90. The van der Waals surface area contributed by atoms with E-state index >= 15 is 0 Å². The fraction of sp³-hybridized carbons (Fsp3) is 0.500. The number of pyridine rings is 1. The molecule has 1 fully saturated rings. The number of nitrogen functional groups attached to an aromatic ring is 1. The molecule has 0 radical (unpaired) electrons. The van der Waals surface area contributed by atoms with Gasteiger partial charge in [-0.05, 0) is 13.1 Å². The number of anilines is 1. The summed E-state index contributed by atoms with van der Waals surface area (Å²) >= 11 is 0. The predicted molar refractivity (Wildman–Crippen MR) is 71.6 cm³/mol. The second kappa shape index (κ2) is 6.46. The van der Waals surface area contributed by atoms with Gasteiger partial charge in [0, 0.05) is 32.0 Å². The standard InChI is InChI=1S/C12H19N5O2/c1-17-4-5-19-9(8-17)6-15-12(18)10-7-14-3-2-11(10)16-13/h2-3,7,9H,4-6,8,13H2,1H3,(H,14,16)(H,15,18). The second-order valence-electron chi connectivity index (χ2n) is 4.53. The van der Waals surface area contributed by atoms with Crippen LogP contribution in [0.25, 0.3) is 0 Å². The maximum atomic E-state index is 12.0. The Morgan fingerprint density at radius 1 is 1.68 bits per heavy atom. The molecule has 4 N–H and O–H groups in total. The van der Waals surface area contributed by atoms with Gasteiger partial charge in [0.25, 0.3) is 5.91 Å². The number of aromatic nitrogens is 1. The van der Waals surface area contributed by atoms with Crippen LogP contribution in [0.15, 0.2) is 18.5 Å². The normalized spacial score (nSPS) is 20.0. The number of morpholine rings is 1. The Morgan fingerprint density at radius 2 is 2.53 bits per heavy atom. The third-order valence-electron chi connectivity index (χ3n) is 3.05. The topological polar surface area (TPSA) is 92.5 Å². The lowest BCUT2D eigenvalue weighted by Crippen LogP contribution is -2.46. The second-order valence-corrected chi connectivity index (χ2v) is 4.53. The molecule has 1 unspecified atom stereocenters. The molecule has 104 valence electrons. The van der Waals surface area contributed by atoms with Crippen molar-refractivity contribution in [3.05, 3.63) is 24.0 Å². The minimum atomic E-state index is -0.210. The highest BCUT2D eigenvalue weighted by atomic mass is 16.5. The summed E-state index contributed by atoms with van der Waals surface area (Å²) in [4.78, 5) is 18.1. The Labute approximate surface area is 112 Å². The van der Waals surface area contributed by atoms with Gasteiger partial charge >= 0.3 is 0 Å². The zero-order valence-corrected chi connectivity index (χ0v) is 10.9. The van der Waals surface area contributed by atoms with Crippen LogP contribution in [0.1, 0.15) is 10.4 Å². The molecule has 19 heavy (non-hydrogen) atoms. The number of nitrogens with two attached hydrogens (primary N) is 1. The van der Waals surface area contributed by atoms with Gasteiger partial charge in [-0.2, -0.15) is 0 Å². The molecule has 1 aromatic heterocycles. The molecule has 7 heteroatoms. The van der Waals surface area contributed by atoms with Crippen molar-refractivity contribution in [2.45, 2.75) is 6.10 Å². The summed E-state index contributed by atoms with van der Waals surface area (Å²) < 4.78 is 5.58. The first kappa shape index (κ1) is 13.7. The lowest BCUT2D eigenvalue weighted by Gasteiger charge is -2.30. The molecule has 0 saturated carbocycles. The number of carbonyl (C=O) groups excluding carboxylic acids is 1. The van der Waals surface area contributed by atoms with Crippen molar-refractivity contribution in [3.63, 3.8) is 0 Å². The SMILES string of the molecule is CN1CCOC(CNC(=O)c2cnccc2NN)C1. The van der Waals surface area contributed by atoms with Crippen LogP contribution in [-0.2, 0) is 4.74 Å². The summed E-state index contributed by atoms with van der Waals surface area (Å²) in [5.74, 6) is 5.15. The summed E-state index contributed by atoms with van der Waals surface area (Å²) in [6, 6.07) is 1.65. The van der Waals surface area contributed by atoms with E-state index in [0.717, 1.165) is 13.1 Å². The van der Waals surface area contributed by atoms with E-state index in [1.54, 1.807) is 12.3 Å². The van der Waals surface area contributed by atoms with E-state index in [4.69, 9.17) is 10.6 Å². The third-order valence-corrected chi connectivity index (χ3v) is 3.05. The van der Waals surface area contributed by atoms with Crippen LogP contribution in [-0.4, -0.2) is 55.2 Å². The number of nitrogens with zero attached hydrogens (tertiary/aromatic N) is 2. The number of carbonyl (C=O) groups is 1. The summed E-state index contributed by atoms with van der Waals surface area (Å²) in [5.41, 5.74) is 3.46. The molecule has 1 saturated heterocycles. The zero-order chi connectivity index (χ0) is 13.7. The van der Waals surface area contributed by atoms with E-state index in [9.17, 15) is 4.79 Å². The van der Waals surface area contributed by atoms with Gasteiger partial charge in [0.1, 0.15) is 0 Å². The van der Waals surface area contributed by atoms with Crippen LogP contribution in [0.5, 0.6) is 0 Å². The largest absolute Gasteiger partial charge is 0.374 e. The molecule has 2 rings (SSSR count). The van der Waals surface area contributed by atoms with Gasteiger partial charge in [-0.3, -0.25) is 15.6 Å². The summed E-state index contributed by atoms with van der Waals surface area (Å²) in [6.07, 6.45) is 3.08. The highest BCUT2D eigenvalue weighted by Crippen LogP contribution is 2.11. The number of amides is 1. The minimum absolute atomic E-state index is 0.0219. The third kappa shape index (κ3) is 3.63. The van der Waals surface area contributed by atoms with Gasteiger partial charge in [0.2, 0.25) is 0 Å². The van der Waals surface area contributed by atoms with Crippen molar-refractivity contribution >= 4 is 11.6 Å². The fourth-order valence-corrected chi connectivity index (χ4v) is 1.99. The monoisotopic (exact) mass is 265 g/mol. The van der Waals surface area contributed by atoms with Crippen molar-refractivity contribution < 1.29 is 9.53 Å². The molecule has 0 bridgehead atoms. The molecule has 1 aliphatic rings. The molecule has 0 spiro atoms. The van der Waals surface area contributed by atoms with Gasteiger partial charge in [-0.1, -0.05) is 0 Å². The first-order valence-electron chi connectivity index (χ1n) is 6.19. The van der Waals surface area contributed by atoms with Crippen LogP contribution in [0, 0.1) is 0 Å². The van der Waals surface area contributed by atoms with E-state index in [1.165, 1.54) is 6.20 Å². The summed E-state index contributed by atoms with van der Waals surface area (Å²) in [6.45, 7) is 2.91. The summed E-state index contributed by atoms with van der Waals surface area (Å²) in [7, 11) is 2.04. The fourth-order valence-electron chi connectivity index (χ4n) is 1.99. The number of hydrogen-bond donors (Lipinski definition) is 3. The van der Waals surface area contributed by atoms with Crippen LogP contribution in [0.3, 0.4) is 0 Å². The average Bonchev–Trinajstić information content (AvgIpc) is 2.45. The van der Waals surface area contributed by atoms with Gasteiger partial charge in [0.15, 0.2) is 0 Å². The summed E-state index contributed by atoms with van der Waals surface area (Å²) in [5, 5.41) is 2.84. The highest BCUT2D eigenvalue weighted by molar-refractivity contribution is 5.99. The predicted octanol–water partition coefficient (Wildman–Crippen LogP) is -0.572. The van der Waals surface area contributed by atoms with Gasteiger partial charge in [0.05, 0.1) is 24.0 Å². The van der Waals surface area contributed by atoms with E-state index in [-0.39, 0.29) is 12.0 Å². The van der Waals surface area contributed by atoms with Crippen molar-refractivity contribution in [1.29, 1.82) is 0 Å². The Hall–Kier alpha value is -1.70. The molecule has 1 aliphatic heterocycles. The first-order chi connectivity index (χ1) is 9.20. The Kier molecular flexibility index (Phi) is 4.67. The average molecular weight is 265 g/mol. The molecule has 1 aromatic rings. The molecule has 1 atom stereocenters. The zero-order valence-electron chi connectivity index (χ0n) is 10.9. The molecular weight excluding hydrogens is 246 g/mol.